The fourth-order valence-corrected chi connectivity index (χ4v) is 1.49. The summed E-state index contributed by atoms with van der Waals surface area (Å²) in [4.78, 5) is 22.6. The van der Waals surface area contributed by atoms with Gasteiger partial charge < -0.3 is 15.7 Å². The molecule has 0 bridgehead atoms. The van der Waals surface area contributed by atoms with Crippen molar-refractivity contribution in [2.45, 2.75) is 25.8 Å². The third-order valence-corrected chi connectivity index (χ3v) is 2.47. The van der Waals surface area contributed by atoms with Gasteiger partial charge in [0, 0.05) is 6.54 Å². The van der Waals surface area contributed by atoms with Crippen LogP contribution in [0.25, 0.3) is 0 Å². The van der Waals surface area contributed by atoms with Gasteiger partial charge in [0.25, 0.3) is 0 Å². The highest BCUT2D eigenvalue weighted by atomic mass is 16.4. The molecule has 3 N–H and O–H groups in total. The lowest BCUT2D eigenvalue weighted by atomic mass is 10.1. The van der Waals surface area contributed by atoms with E-state index in [1.807, 2.05) is 6.92 Å². The van der Waals surface area contributed by atoms with Gasteiger partial charge in [-0.25, -0.2) is 9.59 Å². The standard InChI is InChI=1S/C13H18N2O3/c1-2-3-9-14-13(18)15-11(12(16)17)10-7-5-4-6-8-10/h4-8,11H,2-3,9H2,1H3,(H,16,17)(H2,14,15,18). The second-order valence-corrected chi connectivity index (χ2v) is 3.94. The Labute approximate surface area is 106 Å². The van der Waals surface area contributed by atoms with Crippen LogP contribution in [0.3, 0.4) is 0 Å². The van der Waals surface area contributed by atoms with E-state index in [1.165, 1.54) is 0 Å². The van der Waals surface area contributed by atoms with E-state index in [-0.39, 0.29) is 0 Å². The monoisotopic (exact) mass is 250 g/mol. The number of amides is 2. The average Bonchev–Trinajstić information content (AvgIpc) is 2.37. The van der Waals surface area contributed by atoms with Gasteiger partial charge >= 0.3 is 12.0 Å². The average molecular weight is 250 g/mol. The molecule has 18 heavy (non-hydrogen) atoms. The van der Waals surface area contributed by atoms with Gasteiger partial charge in [-0.2, -0.15) is 0 Å². The Morgan fingerprint density at radius 1 is 1.28 bits per heavy atom. The van der Waals surface area contributed by atoms with Gasteiger partial charge in [0.2, 0.25) is 0 Å². The van der Waals surface area contributed by atoms with E-state index in [9.17, 15) is 9.59 Å². The molecule has 1 aromatic rings. The topological polar surface area (TPSA) is 78.4 Å². The summed E-state index contributed by atoms with van der Waals surface area (Å²) in [6.45, 7) is 2.56. The van der Waals surface area contributed by atoms with Gasteiger partial charge in [0.05, 0.1) is 0 Å². The molecule has 1 unspecified atom stereocenters. The smallest absolute Gasteiger partial charge is 0.330 e. The largest absolute Gasteiger partial charge is 0.479 e. The van der Waals surface area contributed by atoms with Crippen molar-refractivity contribution in [3.63, 3.8) is 0 Å². The highest BCUT2D eigenvalue weighted by Gasteiger charge is 2.21. The molecular formula is C13H18N2O3. The van der Waals surface area contributed by atoms with Crippen LogP contribution in [0.5, 0.6) is 0 Å². The molecule has 0 spiro atoms. The maximum absolute atomic E-state index is 11.5. The second kappa shape index (κ2) is 7.32. The lowest BCUT2D eigenvalue weighted by molar-refractivity contribution is -0.139. The first-order valence-electron chi connectivity index (χ1n) is 5.97. The van der Waals surface area contributed by atoms with Crippen LogP contribution in [0.1, 0.15) is 31.4 Å². The van der Waals surface area contributed by atoms with Crippen molar-refractivity contribution in [3.8, 4) is 0 Å². The first-order chi connectivity index (χ1) is 8.65. The number of hydrogen-bond acceptors (Lipinski definition) is 2. The Bertz CT molecular complexity index is 392. The van der Waals surface area contributed by atoms with E-state index in [0.29, 0.717) is 12.1 Å². The Morgan fingerprint density at radius 2 is 1.94 bits per heavy atom. The van der Waals surface area contributed by atoms with E-state index >= 15 is 0 Å². The van der Waals surface area contributed by atoms with Crippen molar-refractivity contribution in [1.29, 1.82) is 0 Å². The van der Waals surface area contributed by atoms with Crippen LogP contribution in [0.4, 0.5) is 4.79 Å². The van der Waals surface area contributed by atoms with Crippen LogP contribution in [0.15, 0.2) is 30.3 Å². The fourth-order valence-electron chi connectivity index (χ4n) is 1.49. The maximum Gasteiger partial charge on any atom is 0.330 e. The van der Waals surface area contributed by atoms with E-state index in [4.69, 9.17) is 5.11 Å². The maximum atomic E-state index is 11.5. The number of hydrogen-bond donors (Lipinski definition) is 3. The summed E-state index contributed by atoms with van der Waals surface area (Å²) in [5.74, 6) is -1.08. The Kier molecular flexibility index (Phi) is 5.70. The number of carbonyl (C=O) groups excluding carboxylic acids is 1. The van der Waals surface area contributed by atoms with Crippen LogP contribution >= 0.6 is 0 Å². The lowest BCUT2D eigenvalue weighted by Crippen LogP contribution is -2.41. The van der Waals surface area contributed by atoms with Crippen molar-refractivity contribution < 1.29 is 14.7 Å². The molecule has 0 aliphatic heterocycles. The molecule has 0 radical (unpaired) electrons. The molecule has 0 saturated heterocycles. The third-order valence-electron chi connectivity index (χ3n) is 2.47. The summed E-state index contributed by atoms with van der Waals surface area (Å²) < 4.78 is 0. The number of unbranched alkanes of at least 4 members (excludes halogenated alkanes) is 1. The second-order valence-electron chi connectivity index (χ2n) is 3.94. The van der Waals surface area contributed by atoms with Gasteiger partial charge in [-0.1, -0.05) is 43.7 Å². The zero-order valence-electron chi connectivity index (χ0n) is 10.3. The number of urea groups is 1. The molecule has 0 aliphatic carbocycles. The third kappa shape index (κ3) is 4.45. The predicted octanol–water partition coefficient (Wildman–Crippen LogP) is 1.91. The molecule has 5 heteroatoms. The molecule has 5 nitrogen and oxygen atoms in total. The molecule has 0 saturated carbocycles. The number of benzene rings is 1. The molecule has 0 aromatic heterocycles. The first-order valence-corrected chi connectivity index (χ1v) is 5.97. The number of rotatable bonds is 6. The van der Waals surface area contributed by atoms with E-state index in [2.05, 4.69) is 10.6 Å². The number of aliphatic carboxylic acids is 1. The van der Waals surface area contributed by atoms with E-state index < -0.39 is 18.0 Å². The molecule has 1 aromatic carbocycles. The fraction of sp³-hybridized carbons (Fsp3) is 0.385. The van der Waals surface area contributed by atoms with Crippen molar-refractivity contribution in [1.82, 2.24) is 10.6 Å². The highest BCUT2D eigenvalue weighted by molar-refractivity contribution is 5.83. The number of carboxylic acids is 1. The molecule has 0 aliphatic rings. The number of carbonyl (C=O) groups is 2. The van der Waals surface area contributed by atoms with Crippen LogP contribution < -0.4 is 10.6 Å². The van der Waals surface area contributed by atoms with E-state index in [1.54, 1.807) is 30.3 Å². The summed E-state index contributed by atoms with van der Waals surface area (Å²) in [7, 11) is 0. The zero-order chi connectivity index (χ0) is 13.4. The summed E-state index contributed by atoms with van der Waals surface area (Å²) in [6, 6.07) is 7.14. The SMILES string of the molecule is CCCCNC(=O)NC(C(=O)O)c1ccccc1. The minimum absolute atomic E-state index is 0.459. The van der Waals surface area contributed by atoms with Gasteiger partial charge in [0.1, 0.15) is 0 Å². The van der Waals surface area contributed by atoms with Gasteiger partial charge in [-0.3, -0.25) is 0 Å². The first kappa shape index (κ1) is 14.0. The summed E-state index contributed by atoms with van der Waals surface area (Å²) in [6.07, 6.45) is 1.85. The van der Waals surface area contributed by atoms with Crippen LogP contribution in [0, 0.1) is 0 Å². The molecule has 0 heterocycles. The minimum Gasteiger partial charge on any atom is -0.479 e. The Balaban J connectivity index is 2.59. The van der Waals surface area contributed by atoms with Crippen LogP contribution in [0.2, 0.25) is 0 Å². The molecule has 1 rings (SSSR count). The van der Waals surface area contributed by atoms with Gasteiger partial charge in [-0.05, 0) is 12.0 Å². The molecule has 0 fully saturated rings. The molecule has 2 amide bonds. The van der Waals surface area contributed by atoms with Crippen LogP contribution in [-0.2, 0) is 4.79 Å². The predicted molar refractivity (Wildman–Crippen MR) is 68.3 cm³/mol. The molecule has 1 atom stereocenters. The number of nitrogens with one attached hydrogen (secondary N) is 2. The Hall–Kier alpha value is -2.04. The zero-order valence-corrected chi connectivity index (χ0v) is 10.3. The van der Waals surface area contributed by atoms with Gasteiger partial charge in [-0.15, -0.1) is 0 Å². The van der Waals surface area contributed by atoms with Gasteiger partial charge in [0.15, 0.2) is 6.04 Å². The van der Waals surface area contributed by atoms with Crippen molar-refractivity contribution in [2.75, 3.05) is 6.54 Å². The van der Waals surface area contributed by atoms with Crippen molar-refractivity contribution in [2.24, 2.45) is 0 Å². The minimum atomic E-state index is -1.08. The quantitative estimate of drug-likeness (QED) is 0.675. The van der Waals surface area contributed by atoms with Crippen molar-refractivity contribution in [3.05, 3.63) is 35.9 Å². The molecular weight excluding hydrogens is 232 g/mol. The van der Waals surface area contributed by atoms with Crippen molar-refractivity contribution >= 4 is 12.0 Å². The summed E-state index contributed by atoms with van der Waals surface area (Å²) in [5.41, 5.74) is 0.552. The number of carboxylic acid groups (broad SMARTS) is 1. The lowest BCUT2D eigenvalue weighted by Gasteiger charge is -2.15. The summed E-state index contributed by atoms with van der Waals surface area (Å²) >= 11 is 0. The highest BCUT2D eigenvalue weighted by Crippen LogP contribution is 2.12. The molecule has 98 valence electrons. The summed E-state index contributed by atoms with van der Waals surface area (Å²) in [5, 5.41) is 14.2. The van der Waals surface area contributed by atoms with E-state index in [0.717, 1.165) is 12.8 Å². The Morgan fingerprint density at radius 3 is 2.50 bits per heavy atom. The van der Waals surface area contributed by atoms with Crippen LogP contribution in [-0.4, -0.2) is 23.7 Å². The normalized spacial score (nSPS) is 11.6.